The SMILES string of the molecule is O=C(c1ccc(N2Cc3ccncc3C2)cc1)N1CCOCC1. The third-order valence-corrected chi connectivity index (χ3v) is 4.50. The predicted octanol–water partition coefficient (Wildman–Crippen LogP) is 2.07. The van der Waals surface area contributed by atoms with Gasteiger partial charge in [-0.3, -0.25) is 9.78 Å². The molecule has 0 unspecified atom stereocenters. The van der Waals surface area contributed by atoms with Crippen molar-refractivity contribution in [2.45, 2.75) is 13.1 Å². The fraction of sp³-hybridized carbons (Fsp3) is 0.333. The molecule has 2 aliphatic heterocycles. The Morgan fingerprint density at radius 3 is 2.48 bits per heavy atom. The third kappa shape index (κ3) is 2.80. The van der Waals surface area contributed by atoms with Crippen LogP contribution in [0, 0.1) is 0 Å². The average Bonchev–Trinajstić information content (AvgIpc) is 3.06. The molecule has 0 aliphatic carbocycles. The molecule has 1 aromatic carbocycles. The van der Waals surface area contributed by atoms with E-state index in [9.17, 15) is 4.79 Å². The standard InChI is InChI=1S/C18H19N3O2/c22-18(20-7-9-23-10-8-20)14-1-3-17(4-2-14)21-12-15-5-6-19-11-16(15)13-21/h1-6,11H,7-10,12-13H2. The minimum Gasteiger partial charge on any atom is -0.378 e. The Balaban J connectivity index is 1.47. The van der Waals surface area contributed by atoms with E-state index >= 15 is 0 Å². The van der Waals surface area contributed by atoms with Gasteiger partial charge >= 0.3 is 0 Å². The van der Waals surface area contributed by atoms with Gasteiger partial charge in [-0.1, -0.05) is 0 Å². The number of morpholine rings is 1. The quantitative estimate of drug-likeness (QED) is 0.852. The zero-order valence-corrected chi connectivity index (χ0v) is 12.9. The van der Waals surface area contributed by atoms with Crippen LogP contribution in [-0.4, -0.2) is 42.1 Å². The van der Waals surface area contributed by atoms with Gasteiger partial charge in [0, 0.05) is 49.8 Å². The largest absolute Gasteiger partial charge is 0.378 e. The first-order valence-electron chi connectivity index (χ1n) is 7.95. The van der Waals surface area contributed by atoms with Gasteiger partial charge in [0.25, 0.3) is 5.91 Å². The molecule has 3 heterocycles. The van der Waals surface area contributed by atoms with Crippen LogP contribution in [0.2, 0.25) is 0 Å². The first-order valence-corrected chi connectivity index (χ1v) is 7.95. The third-order valence-electron chi connectivity index (χ3n) is 4.50. The number of carbonyl (C=O) groups excluding carboxylic acids is 1. The summed E-state index contributed by atoms with van der Waals surface area (Å²) in [7, 11) is 0. The number of fused-ring (bicyclic) bond motifs is 1. The van der Waals surface area contributed by atoms with E-state index in [4.69, 9.17) is 4.74 Å². The number of aromatic nitrogens is 1. The highest BCUT2D eigenvalue weighted by Crippen LogP contribution is 2.27. The molecule has 2 aliphatic rings. The molecule has 5 nitrogen and oxygen atoms in total. The van der Waals surface area contributed by atoms with Crippen LogP contribution in [-0.2, 0) is 17.8 Å². The number of amides is 1. The van der Waals surface area contributed by atoms with Crippen LogP contribution in [0.4, 0.5) is 5.69 Å². The minimum atomic E-state index is 0.0914. The Hall–Kier alpha value is -2.40. The maximum atomic E-state index is 12.5. The molecule has 118 valence electrons. The Bertz CT molecular complexity index is 683. The Morgan fingerprint density at radius 1 is 1.00 bits per heavy atom. The topological polar surface area (TPSA) is 45.7 Å². The van der Waals surface area contributed by atoms with Crippen molar-refractivity contribution in [3.63, 3.8) is 0 Å². The molecule has 1 amide bonds. The van der Waals surface area contributed by atoms with Gasteiger partial charge in [-0.25, -0.2) is 0 Å². The maximum Gasteiger partial charge on any atom is 0.254 e. The summed E-state index contributed by atoms with van der Waals surface area (Å²) in [5, 5.41) is 0. The maximum absolute atomic E-state index is 12.5. The first kappa shape index (κ1) is 14.2. The van der Waals surface area contributed by atoms with Gasteiger partial charge in [-0.2, -0.15) is 0 Å². The lowest BCUT2D eigenvalue weighted by molar-refractivity contribution is 0.0303. The molecule has 1 aromatic heterocycles. The van der Waals surface area contributed by atoms with Gasteiger partial charge in [0.15, 0.2) is 0 Å². The van der Waals surface area contributed by atoms with Crippen molar-refractivity contribution in [1.29, 1.82) is 0 Å². The number of anilines is 1. The second-order valence-corrected chi connectivity index (χ2v) is 5.95. The summed E-state index contributed by atoms with van der Waals surface area (Å²) in [4.78, 5) is 20.8. The molecule has 0 bridgehead atoms. The van der Waals surface area contributed by atoms with E-state index in [0.29, 0.717) is 26.3 Å². The number of ether oxygens (including phenoxy) is 1. The molecule has 0 N–H and O–H groups in total. The molecule has 1 fully saturated rings. The van der Waals surface area contributed by atoms with E-state index < -0.39 is 0 Å². The van der Waals surface area contributed by atoms with Crippen molar-refractivity contribution >= 4 is 11.6 Å². The summed E-state index contributed by atoms with van der Waals surface area (Å²) in [6, 6.07) is 9.99. The molecule has 0 radical (unpaired) electrons. The summed E-state index contributed by atoms with van der Waals surface area (Å²) < 4.78 is 5.30. The molecular weight excluding hydrogens is 290 g/mol. The van der Waals surface area contributed by atoms with E-state index in [-0.39, 0.29) is 5.91 Å². The molecule has 0 saturated carbocycles. The normalized spacial score (nSPS) is 17.2. The van der Waals surface area contributed by atoms with E-state index in [2.05, 4.69) is 16.0 Å². The van der Waals surface area contributed by atoms with Gasteiger partial charge < -0.3 is 14.5 Å². The van der Waals surface area contributed by atoms with Gasteiger partial charge in [-0.05, 0) is 41.5 Å². The van der Waals surface area contributed by atoms with Gasteiger partial charge in [0.2, 0.25) is 0 Å². The molecule has 5 heteroatoms. The monoisotopic (exact) mass is 309 g/mol. The summed E-state index contributed by atoms with van der Waals surface area (Å²) >= 11 is 0. The number of hydrogen-bond donors (Lipinski definition) is 0. The number of carbonyl (C=O) groups is 1. The van der Waals surface area contributed by atoms with Crippen molar-refractivity contribution in [2.75, 3.05) is 31.2 Å². The van der Waals surface area contributed by atoms with Gasteiger partial charge in [-0.15, -0.1) is 0 Å². The Labute approximate surface area is 135 Å². The molecule has 4 rings (SSSR count). The van der Waals surface area contributed by atoms with Crippen LogP contribution >= 0.6 is 0 Å². The van der Waals surface area contributed by atoms with E-state index in [0.717, 1.165) is 24.3 Å². The fourth-order valence-electron chi connectivity index (χ4n) is 3.17. The summed E-state index contributed by atoms with van der Waals surface area (Å²) in [5.41, 5.74) is 4.49. The minimum absolute atomic E-state index is 0.0914. The highest BCUT2D eigenvalue weighted by atomic mass is 16.5. The number of pyridine rings is 1. The molecular formula is C18H19N3O2. The average molecular weight is 309 g/mol. The molecule has 1 saturated heterocycles. The fourth-order valence-corrected chi connectivity index (χ4v) is 3.17. The van der Waals surface area contributed by atoms with Crippen LogP contribution in [0.25, 0.3) is 0 Å². The van der Waals surface area contributed by atoms with Crippen molar-refractivity contribution in [3.05, 3.63) is 59.4 Å². The lowest BCUT2D eigenvalue weighted by atomic mass is 10.1. The molecule has 23 heavy (non-hydrogen) atoms. The lowest BCUT2D eigenvalue weighted by Gasteiger charge is -2.27. The lowest BCUT2D eigenvalue weighted by Crippen LogP contribution is -2.40. The van der Waals surface area contributed by atoms with Gasteiger partial charge in [0.05, 0.1) is 13.2 Å². The summed E-state index contributed by atoms with van der Waals surface area (Å²) in [5.74, 6) is 0.0914. The van der Waals surface area contributed by atoms with Gasteiger partial charge in [0.1, 0.15) is 0 Å². The highest BCUT2D eigenvalue weighted by Gasteiger charge is 2.21. The van der Waals surface area contributed by atoms with Crippen molar-refractivity contribution < 1.29 is 9.53 Å². The number of rotatable bonds is 2. The van der Waals surface area contributed by atoms with E-state index in [1.807, 2.05) is 41.6 Å². The van der Waals surface area contributed by atoms with E-state index in [1.165, 1.54) is 11.1 Å². The van der Waals surface area contributed by atoms with Crippen LogP contribution in [0.5, 0.6) is 0 Å². The second-order valence-electron chi connectivity index (χ2n) is 5.95. The zero-order valence-electron chi connectivity index (χ0n) is 12.9. The smallest absolute Gasteiger partial charge is 0.254 e. The second kappa shape index (κ2) is 6.01. The van der Waals surface area contributed by atoms with Crippen LogP contribution in [0.15, 0.2) is 42.7 Å². The van der Waals surface area contributed by atoms with Crippen LogP contribution < -0.4 is 4.90 Å². The molecule has 0 atom stereocenters. The molecule has 2 aromatic rings. The first-order chi connectivity index (χ1) is 11.3. The van der Waals surface area contributed by atoms with Crippen LogP contribution in [0.3, 0.4) is 0 Å². The number of hydrogen-bond acceptors (Lipinski definition) is 4. The van der Waals surface area contributed by atoms with Crippen molar-refractivity contribution in [3.8, 4) is 0 Å². The molecule has 0 spiro atoms. The number of benzene rings is 1. The Morgan fingerprint density at radius 2 is 1.74 bits per heavy atom. The van der Waals surface area contributed by atoms with Crippen molar-refractivity contribution in [1.82, 2.24) is 9.88 Å². The summed E-state index contributed by atoms with van der Waals surface area (Å²) in [6.07, 6.45) is 3.78. The Kier molecular flexibility index (Phi) is 3.71. The zero-order chi connectivity index (χ0) is 15.6. The number of nitrogens with zero attached hydrogens (tertiary/aromatic N) is 3. The predicted molar refractivity (Wildman–Crippen MR) is 87.3 cm³/mol. The van der Waals surface area contributed by atoms with E-state index in [1.54, 1.807) is 0 Å². The highest BCUT2D eigenvalue weighted by molar-refractivity contribution is 5.94. The van der Waals surface area contributed by atoms with Crippen LogP contribution in [0.1, 0.15) is 21.5 Å². The summed E-state index contributed by atoms with van der Waals surface area (Å²) in [6.45, 7) is 4.38. The van der Waals surface area contributed by atoms with Crippen molar-refractivity contribution in [2.24, 2.45) is 0 Å².